The summed E-state index contributed by atoms with van der Waals surface area (Å²) in [4.78, 5) is 7.98. The van der Waals surface area contributed by atoms with E-state index in [2.05, 4.69) is 15.3 Å². The molecule has 5 N–H and O–H groups in total. The highest BCUT2D eigenvalue weighted by Crippen LogP contribution is 2.01. The zero-order valence-corrected chi connectivity index (χ0v) is 7.72. The van der Waals surface area contributed by atoms with Gasteiger partial charge in [-0.15, -0.1) is 0 Å². The fourth-order valence-electron chi connectivity index (χ4n) is 0.911. The Hall–Kier alpha value is -1.24. The predicted molar refractivity (Wildman–Crippen MR) is 51.5 cm³/mol. The normalized spacial score (nSPS) is 10.6. The van der Waals surface area contributed by atoms with Crippen molar-refractivity contribution in [2.24, 2.45) is 5.73 Å². The van der Waals surface area contributed by atoms with E-state index in [0.717, 1.165) is 0 Å². The van der Waals surface area contributed by atoms with Crippen LogP contribution in [0.2, 0.25) is 0 Å². The highest BCUT2D eigenvalue weighted by atomic mass is 16.3. The largest absolute Gasteiger partial charge is 0.394 e. The molecule has 6 nitrogen and oxygen atoms in total. The van der Waals surface area contributed by atoms with Crippen molar-refractivity contribution in [3.05, 3.63) is 18.0 Å². The van der Waals surface area contributed by atoms with E-state index in [4.69, 9.17) is 15.9 Å². The molecule has 0 bridgehead atoms. The molecule has 1 aromatic heterocycles. The second-order valence-corrected chi connectivity index (χ2v) is 2.78. The molecule has 1 rings (SSSR count). The van der Waals surface area contributed by atoms with Crippen molar-refractivity contribution in [3.63, 3.8) is 0 Å². The molecule has 0 aromatic carbocycles. The van der Waals surface area contributed by atoms with Crippen molar-refractivity contribution in [2.45, 2.75) is 12.6 Å². The third-order valence-corrected chi connectivity index (χ3v) is 1.70. The molecule has 14 heavy (non-hydrogen) atoms. The Morgan fingerprint density at radius 2 is 2.14 bits per heavy atom. The first-order chi connectivity index (χ1) is 6.80. The summed E-state index contributed by atoms with van der Waals surface area (Å²) in [5.74, 6) is 0.362. The molecule has 0 spiro atoms. The van der Waals surface area contributed by atoms with E-state index in [-0.39, 0.29) is 13.2 Å². The Morgan fingerprint density at radius 1 is 1.43 bits per heavy atom. The Kier molecular flexibility index (Phi) is 4.24. The molecule has 0 aliphatic rings. The number of hydrogen-bond acceptors (Lipinski definition) is 6. The molecule has 0 amide bonds. The Balaban J connectivity index is 2.65. The van der Waals surface area contributed by atoms with Crippen molar-refractivity contribution < 1.29 is 10.2 Å². The minimum absolute atomic E-state index is 0.174. The van der Waals surface area contributed by atoms with Gasteiger partial charge < -0.3 is 21.3 Å². The smallest absolute Gasteiger partial charge is 0.223 e. The minimum Gasteiger partial charge on any atom is -0.394 e. The van der Waals surface area contributed by atoms with Gasteiger partial charge in [0.15, 0.2) is 0 Å². The Morgan fingerprint density at radius 3 is 2.71 bits per heavy atom. The first kappa shape index (κ1) is 10.8. The van der Waals surface area contributed by atoms with E-state index in [0.29, 0.717) is 18.2 Å². The van der Waals surface area contributed by atoms with Gasteiger partial charge in [-0.05, 0) is 6.07 Å². The van der Waals surface area contributed by atoms with E-state index in [1.807, 2.05) is 0 Å². The van der Waals surface area contributed by atoms with Gasteiger partial charge in [-0.1, -0.05) is 0 Å². The highest BCUT2D eigenvalue weighted by Gasteiger charge is 2.06. The second kappa shape index (κ2) is 5.48. The number of anilines is 1. The first-order valence-corrected chi connectivity index (χ1v) is 4.30. The van der Waals surface area contributed by atoms with Crippen LogP contribution < -0.4 is 11.1 Å². The first-order valence-electron chi connectivity index (χ1n) is 4.30. The standard InChI is InChI=1S/C8H14N4O2/c9-3-6-1-2-10-8(11-6)12-7(4-13)5-14/h1-2,7,13-14H,3-5,9H2,(H,10,11,12). The molecule has 1 aromatic rings. The van der Waals surface area contributed by atoms with E-state index in [1.165, 1.54) is 0 Å². The summed E-state index contributed by atoms with van der Waals surface area (Å²) in [6, 6.07) is 1.26. The van der Waals surface area contributed by atoms with Crippen molar-refractivity contribution in [3.8, 4) is 0 Å². The van der Waals surface area contributed by atoms with Gasteiger partial charge in [-0.25, -0.2) is 9.97 Å². The molecule has 1 heterocycles. The summed E-state index contributed by atoms with van der Waals surface area (Å²) in [5, 5.41) is 20.4. The number of hydrogen-bond donors (Lipinski definition) is 4. The average molecular weight is 198 g/mol. The Labute approximate surface area is 81.8 Å². The Bertz CT molecular complexity index is 278. The topological polar surface area (TPSA) is 104 Å². The lowest BCUT2D eigenvalue weighted by molar-refractivity contribution is 0.203. The van der Waals surface area contributed by atoms with Crippen LogP contribution in [-0.4, -0.2) is 39.4 Å². The molecule has 78 valence electrons. The molecule has 0 radical (unpaired) electrons. The van der Waals surface area contributed by atoms with Crippen molar-refractivity contribution >= 4 is 5.95 Å². The monoisotopic (exact) mass is 198 g/mol. The maximum absolute atomic E-state index is 8.81. The number of aromatic nitrogens is 2. The molecule has 0 saturated carbocycles. The summed E-state index contributed by atoms with van der Waals surface area (Å²) in [7, 11) is 0. The second-order valence-electron chi connectivity index (χ2n) is 2.78. The molecule has 0 aliphatic heterocycles. The van der Waals surface area contributed by atoms with Gasteiger partial charge in [0, 0.05) is 12.7 Å². The van der Waals surface area contributed by atoms with Crippen LogP contribution in [0.4, 0.5) is 5.95 Å². The predicted octanol–water partition coefficient (Wildman–Crippen LogP) is -1.30. The zero-order chi connectivity index (χ0) is 10.4. The lowest BCUT2D eigenvalue weighted by Crippen LogP contribution is -2.28. The lowest BCUT2D eigenvalue weighted by atomic mass is 10.3. The van der Waals surface area contributed by atoms with Crippen molar-refractivity contribution in [2.75, 3.05) is 18.5 Å². The number of aliphatic hydroxyl groups excluding tert-OH is 2. The maximum atomic E-state index is 8.81. The zero-order valence-electron chi connectivity index (χ0n) is 7.72. The summed E-state index contributed by atoms with van der Waals surface area (Å²) in [5.41, 5.74) is 6.10. The van der Waals surface area contributed by atoms with Crippen LogP contribution in [0.15, 0.2) is 12.3 Å². The van der Waals surface area contributed by atoms with Crippen LogP contribution in [0.25, 0.3) is 0 Å². The SMILES string of the molecule is NCc1ccnc(NC(CO)CO)n1. The highest BCUT2D eigenvalue weighted by molar-refractivity contribution is 5.26. The minimum atomic E-state index is -0.442. The van der Waals surface area contributed by atoms with E-state index in [1.54, 1.807) is 12.3 Å². The van der Waals surface area contributed by atoms with Gasteiger partial charge in [0.1, 0.15) is 0 Å². The molecular formula is C8H14N4O2. The van der Waals surface area contributed by atoms with E-state index in [9.17, 15) is 0 Å². The van der Waals surface area contributed by atoms with Crippen molar-refractivity contribution in [1.82, 2.24) is 9.97 Å². The van der Waals surface area contributed by atoms with Crippen LogP contribution in [0, 0.1) is 0 Å². The van der Waals surface area contributed by atoms with Crippen LogP contribution in [0.1, 0.15) is 5.69 Å². The lowest BCUT2D eigenvalue weighted by Gasteiger charge is -2.12. The van der Waals surface area contributed by atoms with Crippen LogP contribution in [0.5, 0.6) is 0 Å². The van der Waals surface area contributed by atoms with Crippen LogP contribution in [0.3, 0.4) is 0 Å². The van der Waals surface area contributed by atoms with Gasteiger partial charge in [0.05, 0.1) is 24.9 Å². The van der Waals surface area contributed by atoms with Gasteiger partial charge in [0.25, 0.3) is 0 Å². The number of nitrogens with two attached hydrogens (primary N) is 1. The third kappa shape index (κ3) is 2.91. The van der Waals surface area contributed by atoms with E-state index < -0.39 is 6.04 Å². The molecule has 0 aliphatic carbocycles. The number of nitrogens with zero attached hydrogens (tertiary/aromatic N) is 2. The average Bonchev–Trinajstić information content (AvgIpc) is 2.26. The van der Waals surface area contributed by atoms with Crippen LogP contribution >= 0.6 is 0 Å². The third-order valence-electron chi connectivity index (χ3n) is 1.70. The fourth-order valence-corrected chi connectivity index (χ4v) is 0.911. The van der Waals surface area contributed by atoms with E-state index >= 15 is 0 Å². The molecule has 0 fully saturated rings. The summed E-state index contributed by atoms with van der Waals surface area (Å²) in [6.45, 7) is -0.0143. The maximum Gasteiger partial charge on any atom is 0.223 e. The summed E-state index contributed by atoms with van der Waals surface area (Å²) in [6.07, 6.45) is 1.57. The van der Waals surface area contributed by atoms with Gasteiger partial charge >= 0.3 is 0 Å². The summed E-state index contributed by atoms with van der Waals surface area (Å²) >= 11 is 0. The number of aliphatic hydroxyl groups is 2. The molecule has 0 saturated heterocycles. The quantitative estimate of drug-likeness (QED) is 0.469. The van der Waals surface area contributed by atoms with Crippen LogP contribution in [-0.2, 0) is 6.54 Å². The molecular weight excluding hydrogens is 184 g/mol. The number of rotatable bonds is 5. The molecule has 6 heteroatoms. The van der Waals surface area contributed by atoms with Gasteiger partial charge in [0.2, 0.25) is 5.95 Å². The van der Waals surface area contributed by atoms with Gasteiger partial charge in [-0.3, -0.25) is 0 Å². The molecule has 0 unspecified atom stereocenters. The fraction of sp³-hybridized carbons (Fsp3) is 0.500. The molecule has 0 atom stereocenters. The van der Waals surface area contributed by atoms with Gasteiger partial charge in [-0.2, -0.15) is 0 Å². The number of nitrogens with one attached hydrogen (secondary N) is 1. The van der Waals surface area contributed by atoms with Crippen molar-refractivity contribution in [1.29, 1.82) is 0 Å². The summed E-state index contributed by atoms with van der Waals surface area (Å²) < 4.78 is 0.